The van der Waals surface area contributed by atoms with Crippen molar-refractivity contribution in [3.8, 4) is 16.9 Å². The van der Waals surface area contributed by atoms with E-state index in [1.807, 2.05) is 61.5 Å². The highest BCUT2D eigenvalue weighted by molar-refractivity contribution is 5.94. The molecule has 0 saturated heterocycles. The topological polar surface area (TPSA) is 90.1 Å². The van der Waals surface area contributed by atoms with Gasteiger partial charge in [0.15, 0.2) is 0 Å². The van der Waals surface area contributed by atoms with Crippen molar-refractivity contribution < 1.29 is 9.72 Å². The number of non-ortho nitro benzene ring substituents is 1. The van der Waals surface area contributed by atoms with Gasteiger partial charge in [-0.1, -0.05) is 42.5 Å². The average molecular weight is 426 g/mol. The number of nitrogens with zero attached hydrogens (tertiary/aromatic N) is 3. The van der Waals surface area contributed by atoms with Crippen molar-refractivity contribution in [3.63, 3.8) is 0 Å². The summed E-state index contributed by atoms with van der Waals surface area (Å²) < 4.78 is 1.61. The minimum absolute atomic E-state index is 0.00532. The second kappa shape index (κ2) is 9.26. The first-order valence-electron chi connectivity index (χ1n) is 10.3. The maximum atomic E-state index is 13.0. The van der Waals surface area contributed by atoms with Crippen LogP contribution >= 0.6 is 0 Å². The summed E-state index contributed by atoms with van der Waals surface area (Å²) in [6, 6.07) is 25.5. The van der Waals surface area contributed by atoms with Gasteiger partial charge in [-0.25, -0.2) is 4.68 Å². The number of hydrogen-bond acceptors (Lipinski definition) is 4. The number of nitro benzene ring substituents is 1. The van der Waals surface area contributed by atoms with Gasteiger partial charge in [0.1, 0.15) is 5.69 Å². The Morgan fingerprint density at radius 1 is 1.00 bits per heavy atom. The highest BCUT2D eigenvalue weighted by Crippen LogP contribution is 2.24. The molecule has 0 radical (unpaired) electrons. The zero-order valence-corrected chi connectivity index (χ0v) is 17.6. The van der Waals surface area contributed by atoms with Crippen LogP contribution in [-0.2, 0) is 6.42 Å². The molecule has 1 aromatic heterocycles. The van der Waals surface area contributed by atoms with Gasteiger partial charge in [-0.05, 0) is 54.8 Å². The summed E-state index contributed by atoms with van der Waals surface area (Å²) in [5, 5.41) is 18.6. The van der Waals surface area contributed by atoms with E-state index < -0.39 is 4.92 Å². The van der Waals surface area contributed by atoms with Crippen molar-refractivity contribution in [2.24, 2.45) is 0 Å². The first-order chi connectivity index (χ1) is 15.5. The lowest BCUT2D eigenvalue weighted by Gasteiger charge is -2.09. The highest BCUT2D eigenvalue weighted by atomic mass is 16.6. The summed E-state index contributed by atoms with van der Waals surface area (Å²) in [5.41, 5.74) is 4.63. The molecule has 0 unspecified atom stereocenters. The monoisotopic (exact) mass is 426 g/mol. The fourth-order valence-corrected chi connectivity index (χ4v) is 3.45. The van der Waals surface area contributed by atoms with Crippen LogP contribution in [0.2, 0.25) is 0 Å². The molecule has 1 N–H and O–H groups in total. The van der Waals surface area contributed by atoms with Crippen LogP contribution in [0.5, 0.6) is 0 Å². The van der Waals surface area contributed by atoms with Crippen LogP contribution < -0.4 is 5.32 Å². The molecule has 160 valence electrons. The molecule has 0 spiro atoms. The van der Waals surface area contributed by atoms with E-state index in [1.54, 1.807) is 22.9 Å². The molecular weight excluding hydrogens is 404 g/mol. The smallest absolute Gasteiger partial charge is 0.270 e. The number of rotatable bonds is 7. The largest absolute Gasteiger partial charge is 0.350 e. The molecule has 1 amide bonds. The molecule has 0 bridgehead atoms. The first-order valence-corrected chi connectivity index (χ1v) is 10.3. The zero-order chi connectivity index (χ0) is 22.5. The third-order valence-corrected chi connectivity index (χ3v) is 5.10. The molecular formula is C25H22N4O3. The summed E-state index contributed by atoms with van der Waals surface area (Å²) in [7, 11) is 0. The lowest BCUT2D eigenvalue weighted by atomic mass is 10.1. The van der Waals surface area contributed by atoms with Crippen molar-refractivity contribution in [2.75, 3.05) is 6.54 Å². The Labute approximate surface area is 185 Å². The molecule has 7 heteroatoms. The van der Waals surface area contributed by atoms with Crippen LogP contribution in [-0.4, -0.2) is 27.2 Å². The predicted molar refractivity (Wildman–Crippen MR) is 123 cm³/mol. The number of aryl methyl sites for hydroxylation is 1. The molecule has 32 heavy (non-hydrogen) atoms. The molecule has 0 aliphatic heterocycles. The normalized spacial score (nSPS) is 10.7. The maximum absolute atomic E-state index is 13.0. The Hall–Kier alpha value is -4.26. The number of nitrogens with one attached hydrogen (secondary N) is 1. The lowest BCUT2D eigenvalue weighted by molar-refractivity contribution is -0.384. The average Bonchev–Trinajstić information content (AvgIpc) is 3.25. The number of benzene rings is 3. The van der Waals surface area contributed by atoms with Crippen LogP contribution in [0.25, 0.3) is 16.9 Å². The number of carbonyl (C=O) groups is 1. The fraction of sp³-hybridized carbons (Fsp3) is 0.120. The van der Waals surface area contributed by atoms with Gasteiger partial charge in [0.25, 0.3) is 11.6 Å². The second-order valence-electron chi connectivity index (χ2n) is 7.46. The number of nitro groups is 1. The summed E-state index contributed by atoms with van der Waals surface area (Å²) in [4.78, 5) is 23.5. The van der Waals surface area contributed by atoms with Gasteiger partial charge in [0, 0.05) is 24.2 Å². The quantitative estimate of drug-likeness (QED) is 0.342. The van der Waals surface area contributed by atoms with Gasteiger partial charge in [-0.3, -0.25) is 14.9 Å². The Morgan fingerprint density at radius 2 is 1.75 bits per heavy atom. The van der Waals surface area contributed by atoms with Crippen molar-refractivity contribution in [3.05, 3.63) is 112 Å². The minimum atomic E-state index is -0.444. The van der Waals surface area contributed by atoms with E-state index >= 15 is 0 Å². The summed E-state index contributed by atoms with van der Waals surface area (Å²) in [6.45, 7) is 2.47. The van der Waals surface area contributed by atoms with Gasteiger partial charge < -0.3 is 5.32 Å². The summed E-state index contributed by atoms with van der Waals surface area (Å²) in [6.07, 6.45) is 0.723. The lowest BCUT2D eigenvalue weighted by Crippen LogP contribution is -2.27. The standard InChI is InChI=1S/C25H22N4O3/c1-18-6-5-9-22(16-18)28-24(25(30)26-15-14-19-7-3-2-4-8-19)17-23(27-28)20-10-12-21(13-11-20)29(31)32/h2-13,16-17H,14-15H2,1H3,(H,26,30). The molecule has 0 fully saturated rings. The third kappa shape index (κ3) is 4.73. The van der Waals surface area contributed by atoms with Gasteiger partial charge >= 0.3 is 0 Å². The summed E-state index contributed by atoms with van der Waals surface area (Å²) in [5.74, 6) is -0.233. The Balaban J connectivity index is 1.63. The van der Waals surface area contributed by atoms with E-state index in [1.165, 1.54) is 12.1 Å². The number of amides is 1. The Kier molecular flexibility index (Phi) is 6.07. The van der Waals surface area contributed by atoms with Crippen LogP contribution in [0.3, 0.4) is 0 Å². The van der Waals surface area contributed by atoms with Crippen LogP contribution in [0.1, 0.15) is 21.6 Å². The van der Waals surface area contributed by atoms with Crippen molar-refractivity contribution in [2.45, 2.75) is 13.3 Å². The van der Waals surface area contributed by atoms with Crippen LogP contribution in [0.4, 0.5) is 5.69 Å². The van der Waals surface area contributed by atoms with E-state index in [0.717, 1.165) is 23.2 Å². The first kappa shape index (κ1) is 21.0. The fourth-order valence-electron chi connectivity index (χ4n) is 3.45. The molecule has 3 aromatic carbocycles. The molecule has 0 saturated carbocycles. The summed E-state index contributed by atoms with van der Waals surface area (Å²) >= 11 is 0. The molecule has 4 rings (SSSR count). The molecule has 4 aromatic rings. The number of aromatic nitrogens is 2. The predicted octanol–water partition coefficient (Wildman–Crippen LogP) is 4.73. The molecule has 1 heterocycles. The molecule has 0 aliphatic rings. The second-order valence-corrected chi connectivity index (χ2v) is 7.46. The van der Waals surface area contributed by atoms with E-state index in [2.05, 4.69) is 10.4 Å². The van der Waals surface area contributed by atoms with E-state index in [-0.39, 0.29) is 11.6 Å². The Bertz CT molecular complexity index is 1250. The van der Waals surface area contributed by atoms with Crippen molar-refractivity contribution in [1.29, 1.82) is 0 Å². The van der Waals surface area contributed by atoms with E-state index in [0.29, 0.717) is 23.5 Å². The van der Waals surface area contributed by atoms with E-state index in [4.69, 9.17) is 0 Å². The minimum Gasteiger partial charge on any atom is -0.350 e. The van der Waals surface area contributed by atoms with Gasteiger partial charge in [-0.15, -0.1) is 0 Å². The van der Waals surface area contributed by atoms with Gasteiger partial charge in [-0.2, -0.15) is 5.10 Å². The highest BCUT2D eigenvalue weighted by Gasteiger charge is 2.18. The van der Waals surface area contributed by atoms with Crippen molar-refractivity contribution >= 4 is 11.6 Å². The SMILES string of the molecule is Cc1cccc(-n2nc(-c3ccc([N+](=O)[O-])cc3)cc2C(=O)NCCc2ccccc2)c1. The molecule has 0 atom stereocenters. The third-order valence-electron chi connectivity index (χ3n) is 5.10. The molecule has 0 aliphatic carbocycles. The van der Waals surface area contributed by atoms with Crippen LogP contribution in [0, 0.1) is 17.0 Å². The van der Waals surface area contributed by atoms with Gasteiger partial charge in [0.2, 0.25) is 0 Å². The van der Waals surface area contributed by atoms with Crippen molar-refractivity contribution in [1.82, 2.24) is 15.1 Å². The molecule has 7 nitrogen and oxygen atoms in total. The maximum Gasteiger partial charge on any atom is 0.270 e. The number of hydrogen-bond donors (Lipinski definition) is 1. The van der Waals surface area contributed by atoms with Crippen LogP contribution in [0.15, 0.2) is 84.9 Å². The van der Waals surface area contributed by atoms with E-state index in [9.17, 15) is 14.9 Å². The Morgan fingerprint density at radius 3 is 2.44 bits per heavy atom. The number of carbonyl (C=O) groups excluding carboxylic acids is 1. The zero-order valence-electron chi connectivity index (χ0n) is 17.6. The van der Waals surface area contributed by atoms with Gasteiger partial charge in [0.05, 0.1) is 16.3 Å².